The van der Waals surface area contributed by atoms with Gasteiger partial charge in [-0.3, -0.25) is 4.79 Å². The van der Waals surface area contributed by atoms with Crippen molar-refractivity contribution < 1.29 is 13.9 Å². The molecule has 6 nitrogen and oxygen atoms in total. The van der Waals surface area contributed by atoms with E-state index in [1.54, 1.807) is 19.1 Å². The highest BCUT2D eigenvalue weighted by Crippen LogP contribution is 2.30. The van der Waals surface area contributed by atoms with Crippen molar-refractivity contribution in [3.05, 3.63) is 41.3 Å². The Bertz CT molecular complexity index is 819. The van der Waals surface area contributed by atoms with Gasteiger partial charge in [-0.2, -0.15) is 0 Å². The smallest absolute Gasteiger partial charge is 0.219 e. The summed E-state index contributed by atoms with van der Waals surface area (Å²) in [5, 5.41) is 0. The Labute approximate surface area is 151 Å². The van der Waals surface area contributed by atoms with Gasteiger partial charge in [-0.1, -0.05) is 0 Å². The van der Waals surface area contributed by atoms with Crippen molar-refractivity contribution in [1.82, 2.24) is 14.9 Å². The Morgan fingerprint density at radius 2 is 1.85 bits per heavy atom. The Balaban J connectivity index is 1.78. The molecule has 1 amide bonds. The number of aromatic nitrogens is 2. The zero-order chi connectivity index (χ0) is 18.1. The lowest BCUT2D eigenvalue weighted by atomic mass is 10.0. The summed E-state index contributed by atoms with van der Waals surface area (Å²) in [6, 6.07) is 6.24. The minimum atomic E-state index is -0.280. The number of nitrogens with zero attached hydrogens (tertiary/aromatic N) is 4. The fraction of sp³-hybridized carbons (Fsp3) is 0.421. The van der Waals surface area contributed by atoms with Crippen LogP contribution in [0.25, 0.3) is 11.4 Å². The molecule has 26 heavy (non-hydrogen) atoms. The number of ether oxygens (including phenoxy) is 1. The minimum absolute atomic E-state index is 0.0613. The Hall–Kier alpha value is -2.54. The minimum Gasteiger partial charge on any atom is -0.378 e. The first-order valence-electron chi connectivity index (χ1n) is 8.86. The maximum Gasteiger partial charge on any atom is 0.219 e. The highest BCUT2D eigenvalue weighted by molar-refractivity contribution is 5.74. The van der Waals surface area contributed by atoms with Crippen molar-refractivity contribution in [2.45, 2.75) is 19.9 Å². The number of carbonyl (C=O) groups is 1. The number of hydrogen-bond donors (Lipinski definition) is 0. The first-order chi connectivity index (χ1) is 12.6. The van der Waals surface area contributed by atoms with E-state index in [4.69, 9.17) is 14.7 Å². The zero-order valence-corrected chi connectivity index (χ0v) is 14.7. The quantitative estimate of drug-likeness (QED) is 0.824. The second-order valence-corrected chi connectivity index (χ2v) is 6.59. The first kappa shape index (κ1) is 16.9. The van der Waals surface area contributed by atoms with Crippen molar-refractivity contribution >= 4 is 11.7 Å². The molecule has 2 aromatic rings. The van der Waals surface area contributed by atoms with Gasteiger partial charge in [0.2, 0.25) is 5.91 Å². The van der Waals surface area contributed by atoms with Crippen molar-refractivity contribution in [3.63, 3.8) is 0 Å². The summed E-state index contributed by atoms with van der Waals surface area (Å²) in [6.45, 7) is 5.60. The second-order valence-electron chi connectivity index (χ2n) is 6.59. The fourth-order valence-electron chi connectivity index (χ4n) is 3.43. The third-order valence-corrected chi connectivity index (χ3v) is 4.90. The number of morpholine rings is 1. The summed E-state index contributed by atoms with van der Waals surface area (Å²) >= 11 is 0. The predicted molar refractivity (Wildman–Crippen MR) is 95.3 cm³/mol. The number of anilines is 1. The van der Waals surface area contributed by atoms with E-state index in [0.717, 1.165) is 35.7 Å². The second kappa shape index (κ2) is 6.99. The van der Waals surface area contributed by atoms with Crippen LogP contribution in [0.4, 0.5) is 10.2 Å². The average molecular weight is 356 g/mol. The Morgan fingerprint density at radius 3 is 2.54 bits per heavy atom. The highest BCUT2D eigenvalue weighted by atomic mass is 19.1. The normalized spacial score (nSPS) is 17.2. The van der Waals surface area contributed by atoms with Gasteiger partial charge >= 0.3 is 0 Å². The van der Waals surface area contributed by atoms with E-state index in [0.29, 0.717) is 38.5 Å². The molecule has 7 heteroatoms. The lowest BCUT2D eigenvalue weighted by Gasteiger charge is -2.34. The van der Waals surface area contributed by atoms with Gasteiger partial charge in [0.25, 0.3) is 0 Å². The van der Waals surface area contributed by atoms with Crippen LogP contribution in [0.1, 0.15) is 18.2 Å². The number of halogens is 1. The molecule has 1 saturated heterocycles. The average Bonchev–Trinajstić information content (AvgIpc) is 2.68. The molecule has 4 rings (SSSR count). The predicted octanol–water partition coefficient (Wildman–Crippen LogP) is 2.02. The third kappa shape index (κ3) is 3.26. The molecule has 1 fully saturated rings. The summed E-state index contributed by atoms with van der Waals surface area (Å²) in [7, 11) is 0. The van der Waals surface area contributed by atoms with E-state index in [-0.39, 0.29) is 11.7 Å². The molecule has 0 bridgehead atoms. The third-order valence-electron chi connectivity index (χ3n) is 4.90. The molecule has 0 spiro atoms. The number of fused-ring (bicyclic) bond motifs is 1. The van der Waals surface area contributed by atoms with E-state index < -0.39 is 0 Å². The zero-order valence-electron chi connectivity index (χ0n) is 14.7. The van der Waals surface area contributed by atoms with Gasteiger partial charge in [0.1, 0.15) is 11.6 Å². The molecule has 1 aromatic carbocycles. The standard InChI is InChI=1S/C19H21FN4O2/c1-13(25)24-7-6-17-16(12-24)19(23-8-10-26-11-9-23)22-18(21-17)14-2-4-15(20)5-3-14/h2-5H,6-12H2,1H3. The van der Waals surface area contributed by atoms with E-state index in [1.807, 2.05) is 4.90 Å². The SMILES string of the molecule is CC(=O)N1CCc2nc(-c3ccc(F)cc3)nc(N3CCOCC3)c2C1. The maximum atomic E-state index is 13.3. The molecule has 136 valence electrons. The molecule has 2 aliphatic heterocycles. The van der Waals surface area contributed by atoms with Crippen LogP contribution < -0.4 is 4.90 Å². The number of amides is 1. The van der Waals surface area contributed by atoms with Crippen molar-refractivity contribution in [3.8, 4) is 11.4 Å². The van der Waals surface area contributed by atoms with Crippen LogP contribution in [-0.4, -0.2) is 53.6 Å². The number of carbonyl (C=O) groups excluding carboxylic acids is 1. The summed E-state index contributed by atoms with van der Waals surface area (Å²) in [5.74, 6) is 1.24. The van der Waals surface area contributed by atoms with Gasteiger partial charge in [-0.15, -0.1) is 0 Å². The summed E-state index contributed by atoms with van der Waals surface area (Å²) in [4.78, 5) is 25.4. The van der Waals surface area contributed by atoms with E-state index in [2.05, 4.69) is 4.90 Å². The van der Waals surface area contributed by atoms with Gasteiger partial charge in [0.15, 0.2) is 5.82 Å². The van der Waals surface area contributed by atoms with Crippen LogP contribution in [0.5, 0.6) is 0 Å². The highest BCUT2D eigenvalue weighted by Gasteiger charge is 2.27. The Morgan fingerprint density at radius 1 is 1.12 bits per heavy atom. The van der Waals surface area contributed by atoms with Gasteiger partial charge in [-0.25, -0.2) is 14.4 Å². The molecule has 0 radical (unpaired) electrons. The molecule has 0 saturated carbocycles. The van der Waals surface area contributed by atoms with E-state index in [1.165, 1.54) is 12.1 Å². The maximum absolute atomic E-state index is 13.3. The van der Waals surface area contributed by atoms with E-state index >= 15 is 0 Å². The van der Waals surface area contributed by atoms with Crippen LogP contribution in [0.15, 0.2) is 24.3 Å². The molecular formula is C19H21FN4O2. The Kier molecular flexibility index (Phi) is 4.55. The largest absolute Gasteiger partial charge is 0.378 e. The number of rotatable bonds is 2. The molecule has 1 aromatic heterocycles. The molecule has 0 atom stereocenters. The van der Waals surface area contributed by atoms with Crippen molar-refractivity contribution in [2.75, 3.05) is 37.7 Å². The molecule has 0 aliphatic carbocycles. The number of benzene rings is 1. The molecule has 0 N–H and O–H groups in total. The lowest BCUT2D eigenvalue weighted by molar-refractivity contribution is -0.129. The van der Waals surface area contributed by atoms with Gasteiger partial charge in [0, 0.05) is 44.1 Å². The number of hydrogen-bond acceptors (Lipinski definition) is 5. The monoisotopic (exact) mass is 356 g/mol. The van der Waals surface area contributed by atoms with Crippen molar-refractivity contribution in [2.24, 2.45) is 0 Å². The van der Waals surface area contributed by atoms with Crippen LogP contribution in [0.2, 0.25) is 0 Å². The topological polar surface area (TPSA) is 58.6 Å². The summed E-state index contributed by atoms with van der Waals surface area (Å²) < 4.78 is 18.7. The van der Waals surface area contributed by atoms with Crippen LogP contribution in [-0.2, 0) is 22.5 Å². The van der Waals surface area contributed by atoms with Crippen molar-refractivity contribution in [1.29, 1.82) is 0 Å². The molecule has 2 aliphatic rings. The summed E-state index contributed by atoms with van der Waals surface area (Å²) in [6.07, 6.45) is 0.697. The van der Waals surface area contributed by atoms with Gasteiger partial charge < -0.3 is 14.5 Å². The lowest BCUT2D eigenvalue weighted by Crippen LogP contribution is -2.40. The van der Waals surface area contributed by atoms with Gasteiger partial charge in [-0.05, 0) is 24.3 Å². The molecule has 0 unspecified atom stereocenters. The summed E-state index contributed by atoms with van der Waals surface area (Å²) in [5.41, 5.74) is 2.77. The van der Waals surface area contributed by atoms with Gasteiger partial charge in [0.05, 0.1) is 25.5 Å². The molecule has 3 heterocycles. The molecular weight excluding hydrogens is 335 g/mol. The van der Waals surface area contributed by atoms with E-state index in [9.17, 15) is 9.18 Å². The van der Waals surface area contributed by atoms with Crippen LogP contribution in [0, 0.1) is 5.82 Å². The van der Waals surface area contributed by atoms with Crippen LogP contribution in [0.3, 0.4) is 0 Å². The fourth-order valence-corrected chi connectivity index (χ4v) is 3.43. The first-order valence-corrected chi connectivity index (χ1v) is 8.86. The van der Waals surface area contributed by atoms with Crippen LogP contribution >= 0.6 is 0 Å².